The molecule has 0 aliphatic carbocycles. The summed E-state index contributed by atoms with van der Waals surface area (Å²) in [5.74, 6) is 0.688. The molecule has 0 fully saturated rings. The molecule has 2 heterocycles. The SMILES string of the molecule is COCc1nnc2sc(-c3cc(C)cc(C)c3N)nn12. The number of nitrogen functional groups attached to an aromatic ring is 1. The highest BCUT2D eigenvalue weighted by molar-refractivity contribution is 7.19. The molecule has 2 aromatic heterocycles. The molecule has 0 aliphatic heterocycles. The average molecular weight is 289 g/mol. The minimum absolute atomic E-state index is 0.382. The maximum absolute atomic E-state index is 6.17. The summed E-state index contributed by atoms with van der Waals surface area (Å²) in [5.41, 5.74) is 10.1. The van der Waals surface area contributed by atoms with E-state index in [-0.39, 0.29) is 0 Å². The third-order valence-corrected chi connectivity index (χ3v) is 4.02. The predicted molar refractivity (Wildman–Crippen MR) is 78.7 cm³/mol. The van der Waals surface area contributed by atoms with Gasteiger partial charge in [0.15, 0.2) is 5.82 Å². The van der Waals surface area contributed by atoms with Crippen LogP contribution in [-0.2, 0) is 11.3 Å². The van der Waals surface area contributed by atoms with Gasteiger partial charge < -0.3 is 10.5 Å². The van der Waals surface area contributed by atoms with Crippen LogP contribution in [0.25, 0.3) is 15.5 Å². The zero-order chi connectivity index (χ0) is 14.3. The third-order valence-electron chi connectivity index (χ3n) is 3.09. The molecule has 6 nitrogen and oxygen atoms in total. The van der Waals surface area contributed by atoms with Crippen LogP contribution in [0.5, 0.6) is 0 Å². The number of aromatic nitrogens is 4. The van der Waals surface area contributed by atoms with E-state index in [1.807, 2.05) is 19.9 Å². The van der Waals surface area contributed by atoms with Crippen LogP contribution in [0.3, 0.4) is 0 Å². The molecule has 2 N–H and O–H groups in total. The second-order valence-corrected chi connectivity index (χ2v) is 5.65. The number of rotatable bonds is 3. The maximum atomic E-state index is 6.17. The van der Waals surface area contributed by atoms with Gasteiger partial charge in [0.25, 0.3) is 0 Å². The fourth-order valence-electron chi connectivity index (χ4n) is 2.14. The Morgan fingerprint density at radius 1 is 1.30 bits per heavy atom. The number of aryl methyl sites for hydroxylation is 2. The maximum Gasteiger partial charge on any atom is 0.235 e. The lowest BCUT2D eigenvalue weighted by atomic mass is 10.1. The van der Waals surface area contributed by atoms with Crippen molar-refractivity contribution in [2.24, 2.45) is 0 Å². The molecule has 0 bridgehead atoms. The molecule has 20 heavy (non-hydrogen) atoms. The number of hydrogen-bond acceptors (Lipinski definition) is 6. The Labute approximate surface area is 120 Å². The van der Waals surface area contributed by atoms with E-state index in [0.717, 1.165) is 32.3 Å². The van der Waals surface area contributed by atoms with Gasteiger partial charge in [0.2, 0.25) is 4.96 Å². The summed E-state index contributed by atoms with van der Waals surface area (Å²) < 4.78 is 6.80. The van der Waals surface area contributed by atoms with Crippen LogP contribution in [0.15, 0.2) is 12.1 Å². The molecule has 0 unspecified atom stereocenters. The second kappa shape index (κ2) is 4.84. The monoisotopic (exact) mass is 289 g/mol. The fraction of sp³-hybridized carbons (Fsp3) is 0.308. The highest BCUT2D eigenvalue weighted by Crippen LogP contribution is 2.32. The van der Waals surface area contributed by atoms with Crippen molar-refractivity contribution in [1.29, 1.82) is 0 Å². The normalized spacial score (nSPS) is 11.3. The first-order valence-corrected chi connectivity index (χ1v) is 6.99. The summed E-state index contributed by atoms with van der Waals surface area (Å²) >= 11 is 1.47. The van der Waals surface area contributed by atoms with E-state index < -0.39 is 0 Å². The number of anilines is 1. The number of methoxy groups -OCH3 is 1. The van der Waals surface area contributed by atoms with Crippen molar-refractivity contribution in [3.63, 3.8) is 0 Å². The largest absolute Gasteiger partial charge is 0.398 e. The number of nitrogens with zero attached hydrogens (tertiary/aromatic N) is 4. The number of nitrogens with two attached hydrogens (primary N) is 1. The van der Waals surface area contributed by atoms with Gasteiger partial charge in [-0.25, -0.2) is 0 Å². The van der Waals surface area contributed by atoms with E-state index in [1.165, 1.54) is 11.3 Å². The highest BCUT2D eigenvalue weighted by Gasteiger charge is 2.15. The van der Waals surface area contributed by atoms with E-state index in [2.05, 4.69) is 21.4 Å². The van der Waals surface area contributed by atoms with Gasteiger partial charge in [0, 0.05) is 18.4 Å². The van der Waals surface area contributed by atoms with E-state index in [0.29, 0.717) is 12.4 Å². The first kappa shape index (κ1) is 13.0. The topological polar surface area (TPSA) is 78.3 Å². The number of fused-ring (bicyclic) bond motifs is 1. The molecule has 1 aromatic carbocycles. The van der Waals surface area contributed by atoms with Crippen molar-refractivity contribution >= 4 is 22.0 Å². The van der Waals surface area contributed by atoms with E-state index in [4.69, 9.17) is 10.5 Å². The summed E-state index contributed by atoms with van der Waals surface area (Å²) in [6.07, 6.45) is 0. The van der Waals surface area contributed by atoms with Gasteiger partial charge in [-0.05, 0) is 25.5 Å². The van der Waals surface area contributed by atoms with Gasteiger partial charge in [0.05, 0.1) is 0 Å². The summed E-state index contributed by atoms with van der Waals surface area (Å²) in [6.45, 7) is 4.43. The summed E-state index contributed by atoms with van der Waals surface area (Å²) in [5, 5.41) is 13.5. The summed E-state index contributed by atoms with van der Waals surface area (Å²) in [6, 6.07) is 4.11. The minimum atomic E-state index is 0.382. The Balaban J connectivity index is 2.15. The van der Waals surface area contributed by atoms with Crippen molar-refractivity contribution in [2.75, 3.05) is 12.8 Å². The number of benzene rings is 1. The van der Waals surface area contributed by atoms with Crippen LogP contribution >= 0.6 is 11.3 Å². The molecule has 7 heteroatoms. The smallest absolute Gasteiger partial charge is 0.235 e. The lowest BCUT2D eigenvalue weighted by Crippen LogP contribution is -1.99. The van der Waals surface area contributed by atoms with Crippen molar-refractivity contribution in [2.45, 2.75) is 20.5 Å². The fourth-order valence-corrected chi connectivity index (χ4v) is 3.03. The van der Waals surface area contributed by atoms with Crippen LogP contribution in [0, 0.1) is 13.8 Å². The van der Waals surface area contributed by atoms with E-state index >= 15 is 0 Å². The molecule has 0 amide bonds. The van der Waals surface area contributed by atoms with Crippen molar-refractivity contribution < 1.29 is 4.74 Å². The van der Waals surface area contributed by atoms with Gasteiger partial charge in [0.1, 0.15) is 11.6 Å². The molecule has 0 saturated heterocycles. The van der Waals surface area contributed by atoms with Gasteiger partial charge >= 0.3 is 0 Å². The van der Waals surface area contributed by atoms with Crippen molar-refractivity contribution in [3.05, 3.63) is 29.1 Å². The predicted octanol–water partition coefficient (Wildman–Crippen LogP) is 2.20. The molecule has 104 valence electrons. The molecule has 0 radical (unpaired) electrons. The first-order chi connectivity index (χ1) is 9.60. The molecular formula is C13H15N5OS. The summed E-state index contributed by atoms with van der Waals surface area (Å²) in [7, 11) is 1.62. The third kappa shape index (κ3) is 2.04. The molecular weight excluding hydrogens is 274 g/mol. The molecule has 3 aromatic rings. The first-order valence-electron chi connectivity index (χ1n) is 6.17. The summed E-state index contributed by atoms with van der Waals surface area (Å²) in [4.78, 5) is 0.741. The van der Waals surface area contributed by atoms with Crippen molar-refractivity contribution in [1.82, 2.24) is 19.8 Å². The van der Waals surface area contributed by atoms with Crippen molar-refractivity contribution in [3.8, 4) is 10.6 Å². The van der Waals surface area contributed by atoms with Crippen LogP contribution in [0.4, 0.5) is 5.69 Å². The lowest BCUT2D eigenvalue weighted by molar-refractivity contribution is 0.176. The zero-order valence-electron chi connectivity index (χ0n) is 11.5. The quantitative estimate of drug-likeness (QED) is 0.748. The standard InChI is InChI=1S/C13H15N5OS/c1-7-4-8(2)11(14)9(5-7)12-17-18-10(6-19-3)15-16-13(18)20-12/h4-5H,6,14H2,1-3H3. The lowest BCUT2D eigenvalue weighted by Gasteiger charge is -2.07. The Bertz CT molecular complexity index is 777. The number of hydrogen-bond donors (Lipinski definition) is 1. The zero-order valence-corrected chi connectivity index (χ0v) is 12.4. The van der Waals surface area contributed by atoms with Gasteiger partial charge in [-0.2, -0.15) is 9.61 Å². The number of ether oxygens (including phenoxy) is 1. The van der Waals surface area contributed by atoms with E-state index in [1.54, 1.807) is 11.6 Å². The van der Waals surface area contributed by atoms with Crippen LogP contribution in [0.1, 0.15) is 17.0 Å². The van der Waals surface area contributed by atoms with Crippen LogP contribution < -0.4 is 5.73 Å². The van der Waals surface area contributed by atoms with Crippen LogP contribution in [0.2, 0.25) is 0 Å². The van der Waals surface area contributed by atoms with E-state index in [9.17, 15) is 0 Å². The van der Waals surface area contributed by atoms with Gasteiger partial charge in [-0.3, -0.25) is 0 Å². The Kier molecular flexibility index (Phi) is 3.15. The molecule has 3 rings (SSSR count). The average Bonchev–Trinajstić information content (AvgIpc) is 2.96. The Morgan fingerprint density at radius 2 is 2.10 bits per heavy atom. The minimum Gasteiger partial charge on any atom is -0.398 e. The second-order valence-electron chi connectivity index (χ2n) is 4.69. The Hall–Kier alpha value is -1.99. The molecule has 0 spiro atoms. The van der Waals surface area contributed by atoms with Gasteiger partial charge in [-0.1, -0.05) is 23.0 Å². The Morgan fingerprint density at radius 3 is 2.85 bits per heavy atom. The molecule has 0 atom stereocenters. The highest BCUT2D eigenvalue weighted by atomic mass is 32.1. The van der Waals surface area contributed by atoms with Gasteiger partial charge in [-0.15, -0.1) is 10.2 Å². The molecule has 0 saturated carbocycles. The van der Waals surface area contributed by atoms with Crippen LogP contribution in [-0.4, -0.2) is 26.9 Å². The molecule has 0 aliphatic rings.